The smallest absolute Gasteiger partial charge is 0.223 e. The lowest BCUT2D eigenvalue weighted by molar-refractivity contribution is 0.370. The minimum atomic E-state index is -0.0144. The van der Waals surface area contributed by atoms with Crippen molar-refractivity contribution < 1.29 is 0 Å². The van der Waals surface area contributed by atoms with Crippen molar-refractivity contribution in [3.05, 3.63) is 14.7 Å². The van der Waals surface area contributed by atoms with Crippen molar-refractivity contribution >= 4 is 23.6 Å². The number of rotatable bonds is 5. The fraction of sp³-hybridized carbons (Fsp3) is 0.692. The highest BCUT2D eigenvalue weighted by Crippen LogP contribution is 2.26. The molecule has 96 valence electrons. The second kappa shape index (κ2) is 5.17. The molecule has 3 nitrogen and oxygen atoms in total. The Hall–Kier alpha value is -0.900. The van der Waals surface area contributed by atoms with Gasteiger partial charge in [0, 0.05) is 20.6 Å². The van der Waals surface area contributed by atoms with E-state index in [-0.39, 0.29) is 5.43 Å². The molecular weight excluding hydrogens is 232 g/mol. The molecule has 4 heteroatoms. The first kappa shape index (κ1) is 14.2. The van der Waals surface area contributed by atoms with Crippen molar-refractivity contribution in [3.8, 4) is 0 Å². The van der Waals surface area contributed by atoms with Crippen molar-refractivity contribution in [2.24, 2.45) is 5.41 Å². The highest BCUT2D eigenvalue weighted by Gasteiger charge is 2.18. The van der Waals surface area contributed by atoms with Gasteiger partial charge in [0.2, 0.25) is 5.43 Å². The zero-order valence-corrected chi connectivity index (χ0v) is 12.2. The summed E-state index contributed by atoms with van der Waals surface area (Å²) < 4.78 is 0.452. The van der Waals surface area contributed by atoms with E-state index in [1.165, 1.54) is 0 Å². The molecule has 1 aromatic carbocycles. The van der Waals surface area contributed by atoms with Crippen LogP contribution in [0, 0.1) is 9.93 Å². The molecule has 1 N–H and O–H groups in total. The Balaban J connectivity index is 2.51. The van der Waals surface area contributed by atoms with E-state index in [0.717, 1.165) is 25.1 Å². The fourth-order valence-electron chi connectivity index (χ4n) is 1.80. The van der Waals surface area contributed by atoms with Crippen molar-refractivity contribution in [1.82, 2.24) is 0 Å². The standard InChI is InChI=1S/C13H22N2OS/c1-13(2,3)7-6-8-14-9-10(15(4)5)12(17)11(9)16/h14H,6-8H2,1-5H3. The topological polar surface area (TPSA) is 32.3 Å². The summed E-state index contributed by atoms with van der Waals surface area (Å²) in [6.07, 6.45) is 2.21. The van der Waals surface area contributed by atoms with Gasteiger partial charge in [-0.1, -0.05) is 33.0 Å². The van der Waals surface area contributed by atoms with Crippen LogP contribution in [0.1, 0.15) is 33.6 Å². The quantitative estimate of drug-likeness (QED) is 0.647. The number of hydrogen-bond acceptors (Lipinski definition) is 4. The molecule has 0 atom stereocenters. The van der Waals surface area contributed by atoms with Crippen molar-refractivity contribution in [1.29, 1.82) is 0 Å². The van der Waals surface area contributed by atoms with Gasteiger partial charge in [0.25, 0.3) is 0 Å². The Morgan fingerprint density at radius 1 is 1.29 bits per heavy atom. The molecular formula is C13H22N2OS. The summed E-state index contributed by atoms with van der Waals surface area (Å²) in [4.78, 5) is 13.5. The maximum absolute atomic E-state index is 11.6. The first-order valence-corrected chi connectivity index (χ1v) is 6.39. The molecule has 0 aromatic heterocycles. The molecule has 0 saturated carbocycles. The highest BCUT2D eigenvalue weighted by molar-refractivity contribution is 7.71. The third kappa shape index (κ3) is 3.53. The minimum absolute atomic E-state index is 0.0144. The maximum atomic E-state index is 11.6. The number of anilines is 2. The summed E-state index contributed by atoms with van der Waals surface area (Å²) in [7, 11) is 3.82. The molecule has 0 bridgehead atoms. The Labute approximate surface area is 109 Å². The SMILES string of the molecule is CN(C)c1c(NCCCC(C)(C)C)c(=O)c1=S. The van der Waals surface area contributed by atoms with Crippen molar-refractivity contribution in [2.45, 2.75) is 33.6 Å². The van der Waals surface area contributed by atoms with E-state index in [2.05, 4.69) is 26.1 Å². The average Bonchev–Trinajstić information content (AvgIpc) is 2.19. The molecule has 0 unspecified atom stereocenters. The third-order valence-electron chi connectivity index (χ3n) is 2.74. The van der Waals surface area contributed by atoms with E-state index in [9.17, 15) is 4.79 Å². The zero-order valence-electron chi connectivity index (χ0n) is 11.4. The molecule has 0 fully saturated rings. The summed E-state index contributed by atoms with van der Waals surface area (Å²) in [6.45, 7) is 7.50. The summed E-state index contributed by atoms with van der Waals surface area (Å²) in [5, 5.41) is 3.20. The van der Waals surface area contributed by atoms with Crippen molar-refractivity contribution in [2.75, 3.05) is 30.9 Å². The number of nitrogens with zero attached hydrogens (tertiary/aromatic N) is 1. The normalized spacial score (nSPS) is 11.8. The van der Waals surface area contributed by atoms with Crippen LogP contribution >= 0.6 is 12.2 Å². The zero-order chi connectivity index (χ0) is 13.2. The Morgan fingerprint density at radius 2 is 1.88 bits per heavy atom. The molecule has 0 heterocycles. The lowest BCUT2D eigenvalue weighted by atomic mass is 9.90. The van der Waals surface area contributed by atoms with Crippen LogP contribution in [0.25, 0.3) is 0 Å². The number of nitrogens with one attached hydrogen (secondary N) is 1. The molecule has 0 amide bonds. The van der Waals surface area contributed by atoms with E-state index in [1.54, 1.807) is 0 Å². The lowest BCUT2D eigenvalue weighted by Crippen LogP contribution is -2.26. The van der Waals surface area contributed by atoms with Crippen LogP contribution in [0.4, 0.5) is 11.4 Å². The van der Waals surface area contributed by atoms with Gasteiger partial charge in [0.15, 0.2) is 0 Å². The summed E-state index contributed by atoms with van der Waals surface area (Å²) in [6, 6.07) is 0. The van der Waals surface area contributed by atoms with Crippen LogP contribution in [0.2, 0.25) is 0 Å². The Kier molecular flexibility index (Phi) is 4.31. The lowest BCUT2D eigenvalue weighted by Gasteiger charge is -2.22. The largest absolute Gasteiger partial charge is 0.380 e. The Morgan fingerprint density at radius 3 is 2.35 bits per heavy atom. The van der Waals surface area contributed by atoms with Crippen LogP contribution in [0.3, 0.4) is 0 Å². The van der Waals surface area contributed by atoms with E-state index in [4.69, 9.17) is 12.2 Å². The molecule has 0 aliphatic heterocycles. The molecule has 1 aromatic rings. The predicted molar refractivity (Wildman–Crippen MR) is 77.4 cm³/mol. The molecule has 1 rings (SSSR count). The molecule has 0 aliphatic carbocycles. The second-order valence-electron chi connectivity index (χ2n) is 5.87. The van der Waals surface area contributed by atoms with Gasteiger partial charge in [0.05, 0.1) is 5.69 Å². The van der Waals surface area contributed by atoms with Gasteiger partial charge in [-0.05, 0) is 18.3 Å². The van der Waals surface area contributed by atoms with Gasteiger partial charge < -0.3 is 10.2 Å². The Bertz CT molecular complexity index is 450. The molecule has 0 spiro atoms. The van der Waals surface area contributed by atoms with E-state index in [0.29, 0.717) is 15.6 Å². The number of hydrogen-bond donors (Lipinski definition) is 1. The van der Waals surface area contributed by atoms with Gasteiger partial charge in [-0.3, -0.25) is 4.79 Å². The minimum Gasteiger partial charge on any atom is -0.380 e. The molecule has 0 saturated heterocycles. The fourth-order valence-corrected chi connectivity index (χ4v) is 2.19. The highest BCUT2D eigenvalue weighted by atomic mass is 32.1. The van der Waals surface area contributed by atoms with Gasteiger partial charge in [-0.25, -0.2) is 0 Å². The molecule has 0 radical (unpaired) electrons. The molecule has 17 heavy (non-hydrogen) atoms. The predicted octanol–water partition coefficient (Wildman–Crippen LogP) is 2.96. The summed E-state index contributed by atoms with van der Waals surface area (Å²) in [5.41, 5.74) is 1.90. The van der Waals surface area contributed by atoms with E-state index >= 15 is 0 Å². The maximum Gasteiger partial charge on any atom is 0.223 e. The van der Waals surface area contributed by atoms with Crippen LogP contribution in [-0.2, 0) is 0 Å². The van der Waals surface area contributed by atoms with Crippen LogP contribution < -0.4 is 15.6 Å². The molecule has 0 aliphatic rings. The third-order valence-corrected chi connectivity index (χ3v) is 3.12. The average molecular weight is 254 g/mol. The second-order valence-corrected chi connectivity index (χ2v) is 6.28. The van der Waals surface area contributed by atoms with E-state index in [1.807, 2.05) is 19.0 Å². The van der Waals surface area contributed by atoms with Gasteiger partial charge >= 0.3 is 0 Å². The van der Waals surface area contributed by atoms with Crippen molar-refractivity contribution in [3.63, 3.8) is 0 Å². The van der Waals surface area contributed by atoms with E-state index < -0.39 is 0 Å². The summed E-state index contributed by atoms with van der Waals surface area (Å²) in [5.74, 6) is 0. The van der Waals surface area contributed by atoms with Crippen LogP contribution in [0.5, 0.6) is 0 Å². The van der Waals surface area contributed by atoms with Gasteiger partial charge in [-0.2, -0.15) is 0 Å². The first-order chi connectivity index (χ1) is 7.74. The van der Waals surface area contributed by atoms with Crippen LogP contribution in [-0.4, -0.2) is 20.6 Å². The monoisotopic (exact) mass is 254 g/mol. The first-order valence-electron chi connectivity index (χ1n) is 5.98. The van der Waals surface area contributed by atoms with Gasteiger partial charge in [-0.15, -0.1) is 0 Å². The summed E-state index contributed by atoms with van der Waals surface area (Å²) >= 11 is 5.03. The van der Waals surface area contributed by atoms with Gasteiger partial charge in [0.1, 0.15) is 10.2 Å². The van der Waals surface area contributed by atoms with Crippen LogP contribution in [0.15, 0.2) is 4.79 Å².